The number of aromatic hydroxyl groups is 1. The molecule has 5 nitrogen and oxygen atoms in total. The number of fused-ring (bicyclic) bond motifs is 1. The molecule has 6 aromatic rings. The molecule has 0 fully saturated rings. The molecule has 6 rings (SSSR count). The molecule has 2 aromatic heterocycles. The SMILES string of the molecule is N#Cc1c(N=P(c2ccccc2)(c2ccccc2)c2ccccc2)n(-c2ccc(O)cc2)c2ncccc12. The maximum Gasteiger partial charge on any atom is 0.157 e. The third-order valence-corrected chi connectivity index (χ3v) is 10.2. The van der Waals surface area contributed by atoms with Gasteiger partial charge in [-0.1, -0.05) is 91.0 Å². The average Bonchev–Trinajstić information content (AvgIpc) is 3.30. The first-order valence-electron chi connectivity index (χ1n) is 12.2. The van der Waals surface area contributed by atoms with Crippen LogP contribution in [-0.2, 0) is 0 Å². The number of pyridine rings is 1. The normalized spacial score (nSPS) is 11.2. The van der Waals surface area contributed by atoms with Crippen molar-refractivity contribution < 1.29 is 5.11 Å². The van der Waals surface area contributed by atoms with Gasteiger partial charge in [-0.15, -0.1) is 0 Å². The summed E-state index contributed by atoms with van der Waals surface area (Å²) < 4.78 is 7.58. The molecule has 0 saturated carbocycles. The standard InChI is InChI=1S/C32H23N4OP/c33-23-30-29-17-10-22-34-31(29)36(24-18-20-25(37)21-19-24)32(30)35-38(26-11-4-1-5-12-26,27-13-6-2-7-14-27)28-15-8-3-9-16-28/h1-22,37H. The van der Waals surface area contributed by atoms with E-state index >= 15 is 0 Å². The number of hydrogen-bond acceptors (Lipinski definition) is 4. The number of hydrogen-bond donors (Lipinski definition) is 1. The number of phenolic OH excluding ortho intramolecular Hbond substituents is 1. The molecule has 0 aliphatic rings. The Morgan fingerprint density at radius 2 is 1.21 bits per heavy atom. The molecule has 2 heterocycles. The lowest BCUT2D eigenvalue weighted by atomic mass is 10.2. The lowest BCUT2D eigenvalue weighted by Gasteiger charge is -2.27. The van der Waals surface area contributed by atoms with E-state index < -0.39 is 7.05 Å². The van der Waals surface area contributed by atoms with Crippen LogP contribution in [0.4, 0.5) is 5.82 Å². The summed E-state index contributed by atoms with van der Waals surface area (Å²) in [5.41, 5.74) is 1.87. The number of phenols is 1. The van der Waals surface area contributed by atoms with Crippen molar-refractivity contribution in [2.75, 3.05) is 0 Å². The summed E-state index contributed by atoms with van der Waals surface area (Å²) in [4.78, 5) is 4.66. The van der Waals surface area contributed by atoms with Crippen molar-refractivity contribution in [3.8, 4) is 17.5 Å². The minimum absolute atomic E-state index is 0.164. The van der Waals surface area contributed by atoms with Crippen LogP contribution in [0.1, 0.15) is 5.56 Å². The van der Waals surface area contributed by atoms with Crippen molar-refractivity contribution in [2.45, 2.75) is 0 Å². The van der Waals surface area contributed by atoms with Gasteiger partial charge in [0.2, 0.25) is 0 Å². The van der Waals surface area contributed by atoms with E-state index in [0.29, 0.717) is 17.0 Å². The highest BCUT2D eigenvalue weighted by molar-refractivity contribution is 7.87. The van der Waals surface area contributed by atoms with E-state index in [-0.39, 0.29) is 5.75 Å². The summed E-state index contributed by atoms with van der Waals surface area (Å²) in [6, 6.07) is 44.0. The van der Waals surface area contributed by atoms with Crippen LogP contribution in [0.5, 0.6) is 5.75 Å². The maximum atomic E-state index is 10.5. The number of nitriles is 1. The molecule has 6 heteroatoms. The Labute approximate surface area is 221 Å². The number of aromatic nitrogens is 2. The third-order valence-electron chi connectivity index (χ3n) is 6.56. The monoisotopic (exact) mass is 510 g/mol. The Hall–Kier alpha value is -4.91. The molecule has 0 aliphatic carbocycles. The largest absolute Gasteiger partial charge is 0.508 e. The van der Waals surface area contributed by atoms with Gasteiger partial charge >= 0.3 is 0 Å². The summed E-state index contributed by atoms with van der Waals surface area (Å²) >= 11 is 0. The quantitative estimate of drug-likeness (QED) is 0.272. The van der Waals surface area contributed by atoms with Crippen LogP contribution in [0.3, 0.4) is 0 Å². The highest BCUT2D eigenvalue weighted by Gasteiger charge is 2.30. The molecule has 0 amide bonds. The van der Waals surface area contributed by atoms with Gasteiger partial charge in [0.05, 0.1) is 7.05 Å². The van der Waals surface area contributed by atoms with E-state index in [1.807, 2.05) is 83.4 Å². The highest BCUT2D eigenvalue weighted by Crippen LogP contribution is 2.51. The van der Waals surface area contributed by atoms with Crippen LogP contribution in [0, 0.1) is 11.3 Å². The lowest BCUT2D eigenvalue weighted by Crippen LogP contribution is -2.25. The zero-order chi connectivity index (χ0) is 26.0. The molecule has 0 unspecified atom stereocenters. The molecule has 0 aliphatic heterocycles. The predicted molar refractivity (Wildman–Crippen MR) is 155 cm³/mol. The first-order valence-corrected chi connectivity index (χ1v) is 13.9. The number of benzene rings is 4. The van der Waals surface area contributed by atoms with Gasteiger partial charge in [-0.2, -0.15) is 5.26 Å². The van der Waals surface area contributed by atoms with Gasteiger partial charge in [-0.3, -0.25) is 4.57 Å². The molecular formula is C32H23N4OP. The molecule has 0 saturated heterocycles. The molecule has 0 radical (unpaired) electrons. The van der Waals surface area contributed by atoms with Crippen LogP contribution in [0.15, 0.2) is 138 Å². The van der Waals surface area contributed by atoms with Gasteiger partial charge in [0.15, 0.2) is 5.82 Å². The van der Waals surface area contributed by atoms with Crippen molar-refractivity contribution in [3.63, 3.8) is 0 Å². The van der Waals surface area contributed by atoms with Crippen LogP contribution in [0.2, 0.25) is 0 Å². The molecule has 0 atom stereocenters. The topological polar surface area (TPSA) is 74.2 Å². The Kier molecular flexibility index (Phi) is 6.09. The summed E-state index contributed by atoms with van der Waals surface area (Å²) in [5, 5.41) is 24.4. The zero-order valence-corrected chi connectivity index (χ0v) is 21.3. The van der Waals surface area contributed by atoms with Crippen molar-refractivity contribution >= 4 is 39.8 Å². The smallest absolute Gasteiger partial charge is 0.157 e. The fourth-order valence-corrected chi connectivity index (χ4v) is 8.37. The van der Waals surface area contributed by atoms with Crippen LogP contribution < -0.4 is 15.9 Å². The van der Waals surface area contributed by atoms with Crippen LogP contribution >= 0.6 is 7.05 Å². The summed E-state index contributed by atoms with van der Waals surface area (Å²) in [7, 11) is -2.65. The number of rotatable bonds is 5. The zero-order valence-electron chi connectivity index (χ0n) is 20.4. The Morgan fingerprint density at radius 1 is 0.684 bits per heavy atom. The van der Waals surface area contributed by atoms with Crippen molar-refractivity contribution in [1.29, 1.82) is 5.26 Å². The molecule has 1 N–H and O–H groups in total. The predicted octanol–water partition coefficient (Wildman–Crippen LogP) is 6.41. The van der Waals surface area contributed by atoms with Crippen molar-refractivity contribution in [3.05, 3.63) is 139 Å². The summed E-state index contributed by atoms with van der Waals surface area (Å²) in [6.45, 7) is 0. The third kappa shape index (κ3) is 3.89. The fourth-order valence-electron chi connectivity index (χ4n) is 4.85. The van der Waals surface area contributed by atoms with E-state index in [2.05, 4.69) is 47.5 Å². The molecule has 0 spiro atoms. The second-order valence-corrected chi connectivity index (χ2v) is 11.8. The molecule has 4 aromatic carbocycles. The second kappa shape index (κ2) is 9.86. The molecule has 182 valence electrons. The van der Waals surface area contributed by atoms with Gasteiger partial charge in [0, 0.05) is 33.2 Å². The van der Waals surface area contributed by atoms with E-state index in [1.165, 1.54) is 0 Å². The van der Waals surface area contributed by atoms with E-state index in [0.717, 1.165) is 27.0 Å². The highest BCUT2D eigenvalue weighted by atomic mass is 31.2. The van der Waals surface area contributed by atoms with Gasteiger partial charge < -0.3 is 5.11 Å². The van der Waals surface area contributed by atoms with Gasteiger partial charge in [0.25, 0.3) is 0 Å². The number of nitrogens with zero attached hydrogens (tertiary/aromatic N) is 4. The maximum absolute atomic E-state index is 10.5. The van der Waals surface area contributed by atoms with Crippen LogP contribution in [-0.4, -0.2) is 14.7 Å². The molecule has 0 bridgehead atoms. The van der Waals surface area contributed by atoms with Crippen LogP contribution in [0.25, 0.3) is 16.7 Å². The Bertz CT molecular complexity index is 1720. The van der Waals surface area contributed by atoms with E-state index in [9.17, 15) is 10.4 Å². The first kappa shape index (κ1) is 23.5. The minimum Gasteiger partial charge on any atom is -0.508 e. The average molecular weight is 511 g/mol. The summed E-state index contributed by atoms with van der Waals surface area (Å²) in [5.74, 6) is 0.702. The lowest BCUT2D eigenvalue weighted by molar-refractivity contribution is 0.475. The fraction of sp³-hybridized carbons (Fsp3) is 0. The Morgan fingerprint density at radius 3 is 1.71 bits per heavy atom. The summed E-state index contributed by atoms with van der Waals surface area (Å²) in [6.07, 6.45) is 1.72. The van der Waals surface area contributed by atoms with E-state index in [1.54, 1.807) is 18.3 Å². The molecular weight excluding hydrogens is 487 g/mol. The van der Waals surface area contributed by atoms with Gasteiger partial charge in [-0.25, -0.2) is 9.73 Å². The Balaban J connectivity index is 1.84. The van der Waals surface area contributed by atoms with Gasteiger partial charge in [0.1, 0.15) is 23.0 Å². The van der Waals surface area contributed by atoms with Gasteiger partial charge in [-0.05, 0) is 36.4 Å². The van der Waals surface area contributed by atoms with E-state index in [4.69, 9.17) is 4.74 Å². The second-order valence-electron chi connectivity index (χ2n) is 8.78. The van der Waals surface area contributed by atoms with Crippen molar-refractivity contribution in [1.82, 2.24) is 9.55 Å². The first-order chi connectivity index (χ1) is 18.7. The minimum atomic E-state index is -2.65. The van der Waals surface area contributed by atoms with Crippen molar-refractivity contribution in [2.24, 2.45) is 4.74 Å². The molecule has 38 heavy (non-hydrogen) atoms.